The summed E-state index contributed by atoms with van der Waals surface area (Å²) in [4.78, 5) is 0. The van der Waals surface area contributed by atoms with Crippen LogP contribution in [0.3, 0.4) is 0 Å². The summed E-state index contributed by atoms with van der Waals surface area (Å²) >= 11 is 0. The van der Waals surface area contributed by atoms with Crippen molar-refractivity contribution in [2.75, 3.05) is 19.0 Å². The van der Waals surface area contributed by atoms with Crippen LogP contribution in [0.15, 0.2) is 49.1 Å². The van der Waals surface area contributed by atoms with Gasteiger partial charge in [-0.15, -0.1) is 6.58 Å². The zero-order valence-electron chi connectivity index (χ0n) is 14.9. The normalized spacial score (nSPS) is 10.3. The molecule has 1 N–H and O–H groups in total. The summed E-state index contributed by atoms with van der Waals surface area (Å²) in [6, 6.07) is 12.6. The Kier molecular flexibility index (Phi) is 6.74. The Morgan fingerprint density at radius 1 is 1.12 bits per heavy atom. The molecule has 24 heavy (non-hydrogen) atoms. The van der Waals surface area contributed by atoms with Gasteiger partial charge in [-0.2, -0.15) is 0 Å². The number of benzene rings is 2. The van der Waals surface area contributed by atoms with Gasteiger partial charge in [-0.25, -0.2) is 0 Å². The van der Waals surface area contributed by atoms with E-state index in [2.05, 4.69) is 49.2 Å². The molecule has 0 fully saturated rings. The number of para-hydroxylation sites is 1. The maximum Gasteiger partial charge on any atom is 0.164 e. The summed E-state index contributed by atoms with van der Waals surface area (Å²) in [5.74, 6) is 1.59. The summed E-state index contributed by atoms with van der Waals surface area (Å²) in [5, 5.41) is 3.53. The number of hydrogen-bond acceptors (Lipinski definition) is 3. The van der Waals surface area contributed by atoms with Crippen molar-refractivity contribution in [1.82, 2.24) is 0 Å². The molecule has 0 bridgehead atoms. The highest BCUT2D eigenvalue weighted by molar-refractivity contribution is 5.54. The van der Waals surface area contributed by atoms with Crippen molar-refractivity contribution >= 4 is 5.69 Å². The summed E-state index contributed by atoms with van der Waals surface area (Å²) in [6.45, 7) is 9.35. The first-order valence-electron chi connectivity index (χ1n) is 8.48. The van der Waals surface area contributed by atoms with E-state index >= 15 is 0 Å². The molecule has 0 aliphatic rings. The highest BCUT2D eigenvalue weighted by atomic mass is 16.5. The van der Waals surface area contributed by atoms with E-state index in [-0.39, 0.29) is 0 Å². The van der Waals surface area contributed by atoms with Crippen LogP contribution in [-0.2, 0) is 19.4 Å². The minimum absolute atomic E-state index is 0.613. The van der Waals surface area contributed by atoms with Gasteiger partial charge in [0.2, 0.25) is 0 Å². The molecule has 3 nitrogen and oxygen atoms in total. The Bertz CT molecular complexity index is 680. The number of allylic oxidation sites excluding steroid dienone is 1. The first-order chi connectivity index (χ1) is 11.7. The lowest BCUT2D eigenvalue weighted by Crippen LogP contribution is -2.05. The Labute approximate surface area is 145 Å². The molecule has 0 heterocycles. The summed E-state index contributed by atoms with van der Waals surface area (Å²) < 4.78 is 11.3. The fourth-order valence-electron chi connectivity index (χ4n) is 2.79. The zero-order valence-corrected chi connectivity index (χ0v) is 14.9. The van der Waals surface area contributed by atoms with Crippen LogP contribution in [0.1, 0.15) is 30.5 Å². The molecular formula is C21H27NO2. The lowest BCUT2D eigenvalue weighted by Gasteiger charge is -2.17. The first kappa shape index (κ1) is 17.9. The van der Waals surface area contributed by atoms with E-state index in [9.17, 15) is 0 Å². The monoisotopic (exact) mass is 325 g/mol. The van der Waals surface area contributed by atoms with Gasteiger partial charge in [0.15, 0.2) is 11.5 Å². The van der Waals surface area contributed by atoms with E-state index < -0.39 is 0 Å². The van der Waals surface area contributed by atoms with Crippen molar-refractivity contribution in [3.05, 3.63) is 65.7 Å². The molecule has 0 aliphatic carbocycles. The van der Waals surface area contributed by atoms with Gasteiger partial charge in [-0.3, -0.25) is 0 Å². The number of ether oxygens (including phenoxy) is 2. The van der Waals surface area contributed by atoms with Gasteiger partial charge >= 0.3 is 0 Å². The van der Waals surface area contributed by atoms with Crippen LogP contribution in [0.5, 0.6) is 11.5 Å². The lowest BCUT2D eigenvalue weighted by atomic mass is 10.0. The fraction of sp³-hybridized carbons (Fsp3) is 0.333. The second-order valence-electron chi connectivity index (χ2n) is 5.58. The minimum Gasteiger partial charge on any atom is -0.493 e. The van der Waals surface area contributed by atoms with E-state index in [1.807, 2.05) is 19.1 Å². The molecule has 0 radical (unpaired) electrons. The van der Waals surface area contributed by atoms with E-state index in [1.54, 1.807) is 7.11 Å². The Morgan fingerprint density at radius 3 is 2.58 bits per heavy atom. The van der Waals surface area contributed by atoms with Gasteiger partial charge in [0.25, 0.3) is 0 Å². The van der Waals surface area contributed by atoms with E-state index in [0.29, 0.717) is 6.61 Å². The second-order valence-corrected chi connectivity index (χ2v) is 5.58. The number of aryl methyl sites for hydroxylation is 1. The van der Waals surface area contributed by atoms with Crippen molar-refractivity contribution in [2.24, 2.45) is 0 Å². The summed E-state index contributed by atoms with van der Waals surface area (Å²) in [7, 11) is 1.68. The van der Waals surface area contributed by atoms with E-state index in [4.69, 9.17) is 9.47 Å². The smallest absolute Gasteiger partial charge is 0.164 e. The van der Waals surface area contributed by atoms with Gasteiger partial charge in [0.1, 0.15) is 0 Å². The van der Waals surface area contributed by atoms with Crippen LogP contribution in [0, 0.1) is 0 Å². The highest BCUT2D eigenvalue weighted by Crippen LogP contribution is 2.34. The van der Waals surface area contributed by atoms with Gasteiger partial charge in [-0.05, 0) is 49.1 Å². The Hall–Kier alpha value is -2.42. The molecule has 2 aromatic rings. The number of hydrogen-bond donors (Lipinski definition) is 1. The fourth-order valence-corrected chi connectivity index (χ4v) is 2.79. The van der Waals surface area contributed by atoms with E-state index in [1.165, 1.54) is 11.3 Å². The molecule has 0 saturated carbocycles. The molecule has 0 unspecified atom stereocenters. The molecule has 0 aromatic heterocycles. The van der Waals surface area contributed by atoms with Crippen LogP contribution in [-0.4, -0.2) is 13.7 Å². The average molecular weight is 325 g/mol. The second kappa shape index (κ2) is 9.02. The predicted molar refractivity (Wildman–Crippen MR) is 101 cm³/mol. The van der Waals surface area contributed by atoms with Gasteiger partial charge < -0.3 is 14.8 Å². The third kappa shape index (κ3) is 4.31. The third-order valence-corrected chi connectivity index (χ3v) is 3.95. The SMILES string of the molecule is C=CCc1cc(CNc2ccccc2CC)cc(OC)c1OCC. The molecule has 2 aromatic carbocycles. The van der Waals surface area contributed by atoms with Gasteiger partial charge in [0, 0.05) is 17.8 Å². The highest BCUT2D eigenvalue weighted by Gasteiger charge is 2.12. The molecule has 0 amide bonds. The lowest BCUT2D eigenvalue weighted by molar-refractivity contribution is 0.308. The number of anilines is 1. The Balaban J connectivity index is 2.26. The number of methoxy groups -OCH3 is 1. The maximum absolute atomic E-state index is 5.77. The van der Waals surface area contributed by atoms with Crippen molar-refractivity contribution in [3.63, 3.8) is 0 Å². The third-order valence-electron chi connectivity index (χ3n) is 3.95. The van der Waals surface area contributed by atoms with Gasteiger partial charge in [-0.1, -0.05) is 31.2 Å². The number of nitrogens with one attached hydrogen (secondary N) is 1. The predicted octanol–water partition coefficient (Wildman–Crippen LogP) is 5.00. The minimum atomic E-state index is 0.613. The van der Waals surface area contributed by atoms with Crippen LogP contribution < -0.4 is 14.8 Å². The van der Waals surface area contributed by atoms with Crippen LogP contribution in [0.25, 0.3) is 0 Å². The zero-order chi connectivity index (χ0) is 17.4. The molecule has 3 heteroatoms. The van der Waals surface area contributed by atoms with Crippen LogP contribution >= 0.6 is 0 Å². The maximum atomic E-state index is 5.77. The standard InChI is InChI=1S/C21H27NO2/c1-5-10-18-13-16(14-20(23-4)21(18)24-7-3)15-22-19-12-9-8-11-17(19)6-2/h5,8-9,11-14,22H,1,6-7,10,15H2,2-4H3. The molecule has 128 valence electrons. The quantitative estimate of drug-likeness (QED) is 0.658. The summed E-state index contributed by atoms with van der Waals surface area (Å²) in [6.07, 6.45) is 3.66. The molecule has 0 aliphatic heterocycles. The molecule has 0 saturated heterocycles. The largest absolute Gasteiger partial charge is 0.493 e. The first-order valence-corrected chi connectivity index (χ1v) is 8.48. The van der Waals surface area contributed by atoms with Crippen molar-refractivity contribution < 1.29 is 9.47 Å². The van der Waals surface area contributed by atoms with Gasteiger partial charge in [0.05, 0.1) is 13.7 Å². The van der Waals surface area contributed by atoms with Crippen molar-refractivity contribution in [1.29, 1.82) is 0 Å². The molecule has 2 rings (SSSR count). The van der Waals surface area contributed by atoms with Crippen molar-refractivity contribution in [3.8, 4) is 11.5 Å². The molecular weight excluding hydrogens is 298 g/mol. The summed E-state index contributed by atoms with van der Waals surface area (Å²) in [5.41, 5.74) is 4.77. The topological polar surface area (TPSA) is 30.5 Å². The molecule has 0 atom stereocenters. The number of rotatable bonds is 9. The molecule has 0 spiro atoms. The Morgan fingerprint density at radius 2 is 1.92 bits per heavy atom. The van der Waals surface area contributed by atoms with Crippen LogP contribution in [0.4, 0.5) is 5.69 Å². The van der Waals surface area contributed by atoms with Crippen molar-refractivity contribution in [2.45, 2.75) is 33.2 Å². The van der Waals surface area contributed by atoms with Crippen LogP contribution in [0.2, 0.25) is 0 Å². The van der Waals surface area contributed by atoms with E-state index in [0.717, 1.165) is 42.0 Å². The average Bonchev–Trinajstić information content (AvgIpc) is 2.62.